The monoisotopic (exact) mass is 534 g/mol. The standard InChI is InChI=1S/C24H26F3N6O3P/c1-13(16-5-4-6-18(21(16)25)24(26,27)23(28)35)30-22-17-11-20(29-12-19(17)31-14(2)32-22)37(36)9-7-33(8-10-37)15(3)34/h4-6,11-13H,7-10H2,1-3H3,(H2,28,35)(H,30,31,32)/t13-/m1/s1. The number of anilines is 1. The van der Waals surface area contributed by atoms with Crippen LogP contribution in [0.4, 0.5) is 19.0 Å². The Morgan fingerprint density at radius 2 is 1.89 bits per heavy atom. The zero-order valence-electron chi connectivity index (χ0n) is 20.5. The van der Waals surface area contributed by atoms with E-state index in [0.29, 0.717) is 47.6 Å². The fourth-order valence-corrected chi connectivity index (χ4v) is 6.79. The van der Waals surface area contributed by atoms with Crippen LogP contribution < -0.4 is 16.5 Å². The summed E-state index contributed by atoms with van der Waals surface area (Å²) in [6.45, 7) is 5.40. The molecule has 2 aromatic heterocycles. The highest BCUT2D eigenvalue weighted by atomic mass is 31.2. The summed E-state index contributed by atoms with van der Waals surface area (Å²) in [6.07, 6.45) is 2.08. The first-order chi connectivity index (χ1) is 17.3. The third-order valence-electron chi connectivity index (χ3n) is 6.50. The van der Waals surface area contributed by atoms with E-state index in [1.165, 1.54) is 25.3 Å². The highest BCUT2D eigenvalue weighted by Gasteiger charge is 2.42. The Balaban J connectivity index is 1.70. The van der Waals surface area contributed by atoms with E-state index in [4.69, 9.17) is 5.73 Å². The maximum atomic E-state index is 15.1. The summed E-state index contributed by atoms with van der Waals surface area (Å²) in [4.78, 5) is 37.6. The number of nitrogens with zero attached hydrogens (tertiary/aromatic N) is 4. The molecule has 1 saturated heterocycles. The Bertz CT molecular complexity index is 1440. The van der Waals surface area contributed by atoms with E-state index in [9.17, 15) is 22.9 Å². The molecule has 13 heteroatoms. The Kier molecular flexibility index (Phi) is 6.98. The Morgan fingerprint density at radius 3 is 2.51 bits per heavy atom. The summed E-state index contributed by atoms with van der Waals surface area (Å²) in [5.41, 5.74) is 4.36. The third-order valence-corrected chi connectivity index (χ3v) is 9.43. The fourth-order valence-electron chi connectivity index (χ4n) is 4.34. The lowest BCUT2D eigenvalue weighted by Gasteiger charge is -2.31. The van der Waals surface area contributed by atoms with Crippen LogP contribution in [-0.2, 0) is 20.1 Å². The molecule has 3 N–H and O–H groups in total. The number of carbonyl (C=O) groups excluding carboxylic acids is 2. The quantitative estimate of drug-likeness (QED) is 0.465. The van der Waals surface area contributed by atoms with Crippen LogP contribution in [0.3, 0.4) is 0 Å². The van der Waals surface area contributed by atoms with Crippen molar-refractivity contribution in [2.75, 3.05) is 30.7 Å². The van der Waals surface area contributed by atoms with Gasteiger partial charge in [-0.3, -0.25) is 14.6 Å². The van der Waals surface area contributed by atoms with E-state index >= 15 is 4.39 Å². The average Bonchev–Trinajstić information content (AvgIpc) is 2.83. The normalized spacial score (nSPS) is 16.4. The predicted octanol–water partition coefficient (Wildman–Crippen LogP) is 3.07. The summed E-state index contributed by atoms with van der Waals surface area (Å²) in [5.74, 6) is -6.81. The number of pyridine rings is 1. The van der Waals surface area contributed by atoms with Crippen LogP contribution >= 0.6 is 7.14 Å². The number of benzene rings is 1. The van der Waals surface area contributed by atoms with Crippen molar-refractivity contribution < 1.29 is 27.3 Å². The third kappa shape index (κ3) is 5.02. The summed E-state index contributed by atoms with van der Waals surface area (Å²) in [5, 5.41) is 3.51. The van der Waals surface area contributed by atoms with Gasteiger partial charge in [0, 0.05) is 43.3 Å². The molecule has 0 unspecified atom stereocenters. The summed E-state index contributed by atoms with van der Waals surface area (Å²) < 4.78 is 57.1. The van der Waals surface area contributed by atoms with Gasteiger partial charge in [0.1, 0.15) is 30.0 Å². The molecule has 0 saturated carbocycles. The molecule has 1 atom stereocenters. The Labute approximate surface area is 211 Å². The molecule has 0 bridgehead atoms. The van der Waals surface area contributed by atoms with Gasteiger partial charge in [-0.15, -0.1) is 0 Å². The average molecular weight is 534 g/mol. The number of aromatic nitrogens is 3. The van der Waals surface area contributed by atoms with Crippen molar-refractivity contribution in [2.45, 2.75) is 32.7 Å². The highest BCUT2D eigenvalue weighted by molar-refractivity contribution is 7.71. The van der Waals surface area contributed by atoms with Crippen molar-refractivity contribution in [3.63, 3.8) is 0 Å². The van der Waals surface area contributed by atoms with Gasteiger partial charge in [-0.25, -0.2) is 14.4 Å². The summed E-state index contributed by atoms with van der Waals surface area (Å²) in [6, 6.07) is 4.12. The van der Waals surface area contributed by atoms with E-state index in [1.54, 1.807) is 24.8 Å². The Hall–Kier alpha value is -3.53. The molecule has 1 aliphatic rings. The maximum absolute atomic E-state index is 15.1. The molecular formula is C24H26F3N6O3P. The number of fused-ring (bicyclic) bond motifs is 1. The van der Waals surface area contributed by atoms with E-state index in [0.717, 1.165) is 6.07 Å². The number of hydrogen-bond donors (Lipinski definition) is 2. The van der Waals surface area contributed by atoms with Gasteiger partial charge in [0.2, 0.25) is 5.91 Å². The smallest absolute Gasteiger partial charge is 0.352 e. The van der Waals surface area contributed by atoms with Gasteiger partial charge < -0.3 is 20.5 Å². The summed E-state index contributed by atoms with van der Waals surface area (Å²) >= 11 is 0. The van der Waals surface area contributed by atoms with Gasteiger partial charge >= 0.3 is 5.92 Å². The van der Waals surface area contributed by atoms with Gasteiger partial charge in [-0.05, 0) is 26.0 Å². The minimum atomic E-state index is -4.18. The molecular weight excluding hydrogens is 508 g/mol. The SMILES string of the molecule is CC(=O)N1CCP(=O)(c2cc3c(N[C@H](C)c4cccc(C(F)(F)C(N)=O)c4F)nc(C)nc3cn2)CC1. The Morgan fingerprint density at radius 1 is 1.22 bits per heavy atom. The van der Waals surface area contributed by atoms with E-state index in [-0.39, 0.29) is 17.3 Å². The minimum absolute atomic E-state index is 0.0769. The minimum Gasteiger partial charge on any atom is -0.364 e. The summed E-state index contributed by atoms with van der Waals surface area (Å²) in [7, 11) is -2.89. The zero-order valence-corrected chi connectivity index (χ0v) is 21.4. The first kappa shape index (κ1) is 26.5. The largest absolute Gasteiger partial charge is 0.364 e. The van der Waals surface area contributed by atoms with Crippen LogP contribution in [0, 0.1) is 12.7 Å². The van der Waals surface area contributed by atoms with Gasteiger partial charge in [0.25, 0.3) is 5.91 Å². The molecule has 1 aromatic carbocycles. The predicted molar refractivity (Wildman–Crippen MR) is 133 cm³/mol. The van der Waals surface area contributed by atoms with Gasteiger partial charge in [-0.2, -0.15) is 8.78 Å². The maximum Gasteiger partial charge on any atom is 0.352 e. The number of aryl methyl sites for hydroxylation is 1. The number of nitrogens with two attached hydrogens (primary N) is 1. The van der Waals surface area contributed by atoms with Crippen molar-refractivity contribution in [3.8, 4) is 0 Å². The van der Waals surface area contributed by atoms with Crippen molar-refractivity contribution in [1.29, 1.82) is 0 Å². The second-order valence-corrected chi connectivity index (χ2v) is 12.2. The molecule has 2 amide bonds. The number of alkyl halides is 2. The molecule has 37 heavy (non-hydrogen) atoms. The van der Waals surface area contributed by atoms with E-state index in [2.05, 4.69) is 20.3 Å². The van der Waals surface area contributed by atoms with Gasteiger partial charge in [0.05, 0.1) is 23.3 Å². The van der Waals surface area contributed by atoms with Crippen molar-refractivity contribution in [1.82, 2.24) is 19.9 Å². The molecule has 0 spiro atoms. The van der Waals surface area contributed by atoms with E-state index in [1.807, 2.05) is 0 Å². The molecule has 3 heterocycles. The van der Waals surface area contributed by atoms with Crippen molar-refractivity contribution in [3.05, 3.63) is 53.2 Å². The first-order valence-electron chi connectivity index (χ1n) is 11.5. The number of primary amides is 1. The lowest BCUT2D eigenvalue weighted by molar-refractivity contribution is -0.143. The molecule has 0 aliphatic carbocycles. The van der Waals surface area contributed by atoms with Gasteiger partial charge in [-0.1, -0.05) is 12.1 Å². The zero-order chi connectivity index (χ0) is 27.1. The number of rotatable bonds is 6. The topological polar surface area (TPSA) is 131 Å². The molecule has 0 radical (unpaired) electrons. The second-order valence-electron chi connectivity index (χ2n) is 9.04. The molecule has 1 fully saturated rings. The van der Waals surface area contributed by atoms with Crippen LogP contribution in [-0.4, -0.2) is 57.1 Å². The first-order valence-corrected chi connectivity index (χ1v) is 13.6. The molecule has 3 aromatic rings. The number of hydrogen-bond acceptors (Lipinski definition) is 7. The molecule has 196 valence electrons. The molecule has 4 rings (SSSR count). The van der Waals surface area contributed by atoms with Crippen molar-refractivity contribution >= 4 is 41.1 Å². The van der Waals surface area contributed by atoms with Crippen LogP contribution in [0.25, 0.3) is 10.9 Å². The number of carbonyl (C=O) groups is 2. The van der Waals surface area contributed by atoms with Crippen molar-refractivity contribution in [2.24, 2.45) is 5.73 Å². The number of amides is 2. The number of nitrogens with one attached hydrogen (secondary N) is 1. The van der Waals surface area contributed by atoms with Gasteiger partial charge in [0.15, 0.2) is 0 Å². The van der Waals surface area contributed by atoms with Crippen LogP contribution in [0.1, 0.15) is 36.8 Å². The van der Waals surface area contributed by atoms with Crippen LogP contribution in [0.2, 0.25) is 0 Å². The lowest BCUT2D eigenvalue weighted by Crippen LogP contribution is -2.40. The number of halogens is 3. The lowest BCUT2D eigenvalue weighted by atomic mass is 9.99. The van der Waals surface area contributed by atoms with Crippen LogP contribution in [0.5, 0.6) is 0 Å². The second kappa shape index (κ2) is 9.74. The van der Waals surface area contributed by atoms with E-state index < -0.39 is 36.4 Å². The highest BCUT2D eigenvalue weighted by Crippen LogP contribution is 2.46. The van der Waals surface area contributed by atoms with Crippen LogP contribution in [0.15, 0.2) is 30.5 Å². The molecule has 1 aliphatic heterocycles. The fraction of sp³-hybridized carbons (Fsp3) is 0.375. The molecule has 9 nitrogen and oxygen atoms in total.